The van der Waals surface area contributed by atoms with Crippen LogP contribution in [0.15, 0.2) is 35.4 Å². The Morgan fingerprint density at radius 1 is 1.16 bits per heavy atom. The molecule has 0 saturated heterocycles. The summed E-state index contributed by atoms with van der Waals surface area (Å²) >= 11 is 4.96. The molecule has 0 aliphatic heterocycles. The second-order valence-corrected chi connectivity index (χ2v) is 8.32. The molecule has 3 aliphatic carbocycles. The zero-order valence-corrected chi connectivity index (χ0v) is 15.3. The molecule has 5 atom stereocenters. The lowest BCUT2D eigenvalue weighted by Crippen LogP contribution is -2.61. The fourth-order valence-corrected chi connectivity index (χ4v) is 5.84. The molecule has 0 unspecified atom stereocenters. The van der Waals surface area contributed by atoms with Gasteiger partial charge in [-0.3, -0.25) is 5.43 Å². The van der Waals surface area contributed by atoms with Gasteiger partial charge in [0.2, 0.25) is 0 Å². The number of hydrogen-bond donors (Lipinski definition) is 3. The summed E-state index contributed by atoms with van der Waals surface area (Å²) in [6, 6.07) is 10.7. The van der Waals surface area contributed by atoms with E-state index in [1.54, 1.807) is 0 Å². The predicted octanol–water partition coefficient (Wildman–Crippen LogP) is 3.31. The van der Waals surface area contributed by atoms with Crippen molar-refractivity contribution < 1.29 is 5.11 Å². The van der Waals surface area contributed by atoms with Gasteiger partial charge in [0.1, 0.15) is 0 Å². The van der Waals surface area contributed by atoms with Crippen molar-refractivity contribution in [3.05, 3.63) is 35.9 Å². The fourth-order valence-electron chi connectivity index (χ4n) is 5.80. The van der Waals surface area contributed by atoms with E-state index >= 15 is 0 Å². The monoisotopic (exact) mass is 357 g/mol. The summed E-state index contributed by atoms with van der Waals surface area (Å²) < 4.78 is 0. The normalized spacial score (nSPS) is 38.8. The number of nitrogens with zero attached hydrogens (tertiary/aromatic N) is 1. The molecule has 1 aromatic rings. The molecule has 0 radical (unpaired) electrons. The van der Waals surface area contributed by atoms with Gasteiger partial charge < -0.3 is 10.8 Å². The van der Waals surface area contributed by atoms with Crippen molar-refractivity contribution in [2.75, 3.05) is 0 Å². The topological polar surface area (TPSA) is 70.6 Å². The largest absolute Gasteiger partial charge is 0.389 e. The second-order valence-electron chi connectivity index (χ2n) is 7.88. The van der Waals surface area contributed by atoms with E-state index in [0.29, 0.717) is 17.8 Å². The standard InChI is InChI=1S/C20H27N3OS/c21-19(25)23-22-18-14-9-6-11-16(18)20(24)12-5-4-10-15(20)17(14)13-7-2-1-3-8-13/h1-3,7-8,14-17,24H,4-6,9-12H2,(H3,21,23,25)/b22-18-/t14-,15+,16-,17+,20+/m0/s1. The average molecular weight is 358 g/mol. The maximum atomic E-state index is 11.8. The first-order valence-corrected chi connectivity index (χ1v) is 9.92. The third kappa shape index (κ3) is 2.87. The van der Waals surface area contributed by atoms with Crippen molar-refractivity contribution >= 4 is 23.0 Å². The van der Waals surface area contributed by atoms with Crippen LogP contribution < -0.4 is 11.2 Å². The van der Waals surface area contributed by atoms with Gasteiger partial charge in [0.05, 0.1) is 5.60 Å². The quantitative estimate of drug-likeness (QED) is 0.561. The number of fused-ring (bicyclic) bond motifs is 4. The molecular weight excluding hydrogens is 330 g/mol. The van der Waals surface area contributed by atoms with E-state index in [1.165, 1.54) is 12.0 Å². The highest BCUT2D eigenvalue weighted by Crippen LogP contribution is 2.58. The first-order chi connectivity index (χ1) is 12.1. The van der Waals surface area contributed by atoms with E-state index in [4.69, 9.17) is 18.0 Å². The minimum absolute atomic E-state index is 0.137. The van der Waals surface area contributed by atoms with Crippen LogP contribution in [0.2, 0.25) is 0 Å². The molecule has 3 fully saturated rings. The van der Waals surface area contributed by atoms with Crippen LogP contribution in [-0.4, -0.2) is 21.5 Å². The Bertz CT molecular complexity index is 677. The third-order valence-corrected chi connectivity index (χ3v) is 6.77. The zero-order valence-electron chi connectivity index (χ0n) is 14.5. The molecule has 134 valence electrons. The number of rotatable bonds is 2. The first-order valence-electron chi connectivity index (χ1n) is 9.51. The molecule has 4 N–H and O–H groups in total. The van der Waals surface area contributed by atoms with Gasteiger partial charge in [-0.2, -0.15) is 5.10 Å². The molecule has 3 aliphatic rings. The Balaban J connectivity index is 1.81. The second kappa shape index (κ2) is 6.69. The van der Waals surface area contributed by atoms with Gasteiger partial charge in [0.25, 0.3) is 0 Å². The Kier molecular flexibility index (Phi) is 4.54. The summed E-state index contributed by atoms with van der Waals surface area (Å²) in [7, 11) is 0. The number of benzene rings is 1. The summed E-state index contributed by atoms with van der Waals surface area (Å²) in [5, 5.41) is 16.6. The summed E-state index contributed by atoms with van der Waals surface area (Å²) in [6.07, 6.45) is 7.60. The van der Waals surface area contributed by atoms with E-state index in [2.05, 4.69) is 40.9 Å². The number of hydrogen-bond acceptors (Lipinski definition) is 3. The van der Waals surface area contributed by atoms with Gasteiger partial charge in [-0.05, 0) is 55.3 Å². The van der Waals surface area contributed by atoms with Crippen LogP contribution in [0.3, 0.4) is 0 Å². The highest BCUT2D eigenvalue weighted by Gasteiger charge is 2.58. The minimum atomic E-state index is -0.646. The summed E-state index contributed by atoms with van der Waals surface area (Å²) in [4.78, 5) is 0. The predicted molar refractivity (Wildman–Crippen MR) is 104 cm³/mol. The summed E-state index contributed by atoms with van der Waals surface area (Å²) in [6.45, 7) is 0. The summed E-state index contributed by atoms with van der Waals surface area (Å²) in [5.41, 5.74) is 10.2. The lowest BCUT2D eigenvalue weighted by Gasteiger charge is -2.57. The molecule has 0 heterocycles. The van der Waals surface area contributed by atoms with Gasteiger partial charge in [-0.25, -0.2) is 0 Å². The van der Waals surface area contributed by atoms with Crippen LogP contribution in [0.25, 0.3) is 0 Å². The average Bonchev–Trinajstić information content (AvgIpc) is 2.62. The Hall–Kier alpha value is -1.46. The van der Waals surface area contributed by atoms with Gasteiger partial charge in [-0.1, -0.05) is 49.6 Å². The van der Waals surface area contributed by atoms with Gasteiger partial charge >= 0.3 is 0 Å². The molecule has 4 nitrogen and oxygen atoms in total. The smallest absolute Gasteiger partial charge is 0.184 e. The van der Waals surface area contributed by atoms with E-state index in [-0.39, 0.29) is 11.0 Å². The molecule has 0 spiro atoms. The summed E-state index contributed by atoms with van der Waals surface area (Å²) in [5.74, 6) is 1.16. The lowest BCUT2D eigenvalue weighted by molar-refractivity contribution is -0.111. The maximum Gasteiger partial charge on any atom is 0.184 e. The maximum absolute atomic E-state index is 11.8. The molecule has 2 bridgehead atoms. The van der Waals surface area contributed by atoms with E-state index in [9.17, 15) is 5.11 Å². The van der Waals surface area contributed by atoms with E-state index in [1.807, 2.05) is 0 Å². The Morgan fingerprint density at radius 2 is 1.96 bits per heavy atom. The van der Waals surface area contributed by atoms with Crippen LogP contribution >= 0.6 is 12.2 Å². The molecule has 5 heteroatoms. The number of aliphatic hydroxyl groups is 1. The molecule has 1 aromatic carbocycles. The van der Waals surface area contributed by atoms with Crippen molar-refractivity contribution in [3.63, 3.8) is 0 Å². The van der Waals surface area contributed by atoms with E-state index < -0.39 is 5.60 Å². The van der Waals surface area contributed by atoms with Crippen molar-refractivity contribution in [3.8, 4) is 0 Å². The van der Waals surface area contributed by atoms with Crippen molar-refractivity contribution in [1.82, 2.24) is 5.43 Å². The molecule has 4 rings (SSSR count). The van der Waals surface area contributed by atoms with Crippen LogP contribution in [0.5, 0.6) is 0 Å². The van der Waals surface area contributed by atoms with Crippen LogP contribution in [-0.2, 0) is 0 Å². The Labute approximate surface area is 154 Å². The first kappa shape index (κ1) is 17.0. The van der Waals surface area contributed by atoms with Crippen molar-refractivity contribution in [2.24, 2.45) is 28.6 Å². The molecule has 0 aromatic heterocycles. The SMILES string of the molecule is NC(=S)N/N=C1/[C@H]2CCC[C@@H]1[C@@]1(O)CCCC[C@@H]1[C@@H]2c1ccccc1. The highest BCUT2D eigenvalue weighted by atomic mass is 32.1. The zero-order chi connectivity index (χ0) is 17.4. The number of hydrazone groups is 1. The number of nitrogens with two attached hydrogens (primary N) is 1. The van der Waals surface area contributed by atoms with Gasteiger partial charge in [0.15, 0.2) is 5.11 Å². The van der Waals surface area contributed by atoms with Crippen molar-refractivity contribution in [1.29, 1.82) is 0 Å². The number of thiocarbonyl (C=S) groups is 1. The minimum Gasteiger partial charge on any atom is -0.389 e. The van der Waals surface area contributed by atoms with Crippen LogP contribution in [0.4, 0.5) is 0 Å². The molecular formula is C20H27N3OS. The fraction of sp³-hybridized carbons (Fsp3) is 0.600. The number of nitrogens with one attached hydrogen (secondary N) is 1. The third-order valence-electron chi connectivity index (χ3n) is 6.68. The highest BCUT2D eigenvalue weighted by molar-refractivity contribution is 7.80. The van der Waals surface area contributed by atoms with Gasteiger partial charge in [0, 0.05) is 17.5 Å². The van der Waals surface area contributed by atoms with E-state index in [0.717, 1.165) is 44.2 Å². The lowest BCUT2D eigenvalue weighted by atomic mass is 9.49. The van der Waals surface area contributed by atoms with Crippen LogP contribution in [0.1, 0.15) is 56.4 Å². The van der Waals surface area contributed by atoms with Crippen molar-refractivity contribution in [2.45, 2.75) is 56.5 Å². The molecule has 3 saturated carbocycles. The molecule has 25 heavy (non-hydrogen) atoms. The Morgan fingerprint density at radius 3 is 2.72 bits per heavy atom. The van der Waals surface area contributed by atoms with Crippen LogP contribution in [0, 0.1) is 17.8 Å². The van der Waals surface area contributed by atoms with Gasteiger partial charge in [-0.15, -0.1) is 0 Å². The molecule has 0 amide bonds.